The van der Waals surface area contributed by atoms with Gasteiger partial charge in [0.25, 0.3) is 0 Å². The number of benzene rings is 2. The highest BCUT2D eigenvalue weighted by Gasteiger charge is 2.12. The van der Waals surface area contributed by atoms with Gasteiger partial charge in [0.15, 0.2) is 11.5 Å². The number of anilines is 2. The molecule has 0 radical (unpaired) electrons. The molecule has 1 N–H and O–H groups in total. The van der Waals surface area contributed by atoms with Gasteiger partial charge in [-0.05, 0) is 49.1 Å². The van der Waals surface area contributed by atoms with Gasteiger partial charge in [-0.25, -0.2) is 0 Å². The van der Waals surface area contributed by atoms with Gasteiger partial charge in [-0.3, -0.25) is 0 Å². The number of nitrogens with one attached hydrogen (secondary N) is 1. The van der Waals surface area contributed by atoms with E-state index in [-0.39, 0.29) is 0 Å². The molecule has 0 fully saturated rings. The third-order valence-corrected chi connectivity index (χ3v) is 4.74. The molecule has 5 heteroatoms. The zero-order valence-electron chi connectivity index (χ0n) is 15.9. The predicted octanol–water partition coefficient (Wildman–Crippen LogP) is 3.97. The number of rotatable bonds is 8. The second-order valence-electron chi connectivity index (χ2n) is 6.49. The van der Waals surface area contributed by atoms with Crippen LogP contribution in [0.5, 0.6) is 17.2 Å². The Morgan fingerprint density at radius 3 is 2.58 bits per heavy atom. The summed E-state index contributed by atoms with van der Waals surface area (Å²) < 4.78 is 16.7. The molecule has 0 aromatic heterocycles. The van der Waals surface area contributed by atoms with E-state index in [2.05, 4.69) is 35.5 Å². The van der Waals surface area contributed by atoms with Gasteiger partial charge in [0.05, 0.1) is 20.8 Å². The third kappa shape index (κ3) is 4.15. The summed E-state index contributed by atoms with van der Waals surface area (Å²) in [5.74, 6) is 2.05. The van der Waals surface area contributed by atoms with Crippen molar-refractivity contribution in [3.63, 3.8) is 0 Å². The first-order valence-corrected chi connectivity index (χ1v) is 9.14. The van der Waals surface area contributed by atoms with E-state index in [0.717, 1.165) is 19.5 Å². The van der Waals surface area contributed by atoms with Crippen molar-refractivity contribution in [2.45, 2.75) is 19.3 Å². The molecule has 0 spiro atoms. The van der Waals surface area contributed by atoms with Crippen molar-refractivity contribution in [3.8, 4) is 17.2 Å². The van der Waals surface area contributed by atoms with Crippen molar-refractivity contribution in [2.75, 3.05) is 51.2 Å². The third-order valence-electron chi connectivity index (χ3n) is 4.74. The van der Waals surface area contributed by atoms with Crippen molar-refractivity contribution in [3.05, 3.63) is 42.0 Å². The normalized spacial score (nSPS) is 12.7. The summed E-state index contributed by atoms with van der Waals surface area (Å²) in [5, 5.41) is 3.49. The Balaban J connectivity index is 1.54. The molecule has 0 amide bonds. The van der Waals surface area contributed by atoms with E-state index in [1.165, 1.54) is 29.8 Å². The monoisotopic (exact) mass is 356 g/mol. The molecule has 5 nitrogen and oxygen atoms in total. The SMILES string of the molecule is COc1cccc(OC)c1OCCCN(C)c1ccc2c(c1)NCCC2. The molecule has 2 aromatic rings. The first-order chi connectivity index (χ1) is 12.7. The van der Waals surface area contributed by atoms with Crippen LogP contribution in [0.25, 0.3) is 0 Å². The summed E-state index contributed by atoms with van der Waals surface area (Å²) in [4.78, 5) is 2.26. The lowest BCUT2D eigenvalue weighted by Gasteiger charge is -2.24. The molecule has 26 heavy (non-hydrogen) atoms. The fraction of sp³-hybridized carbons (Fsp3) is 0.429. The van der Waals surface area contributed by atoms with E-state index >= 15 is 0 Å². The van der Waals surface area contributed by atoms with Crippen LogP contribution >= 0.6 is 0 Å². The van der Waals surface area contributed by atoms with Crippen LogP contribution in [0.4, 0.5) is 11.4 Å². The van der Waals surface area contributed by atoms with E-state index in [1.807, 2.05) is 18.2 Å². The van der Waals surface area contributed by atoms with E-state index in [4.69, 9.17) is 14.2 Å². The highest BCUT2D eigenvalue weighted by Crippen LogP contribution is 2.36. The number of nitrogens with zero attached hydrogens (tertiary/aromatic N) is 1. The highest BCUT2D eigenvalue weighted by atomic mass is 16.5. The molecule has 0 saturated carbocycles. The molecule has 1 aliphatic heterocycles. The average Bonchev–Trinajstić information content (AvgIpc) is 2.70. The summed E-state index contributed by atoms with van der Waals surface area (Å²) in [6.07, 6.45) is 3.29. The first-order valence-electron chi connectivity index (χ1n) is 9.14. The number of ether oxygens (including phenoxy) is 3. The van der Waals surface area contributed by atoms with Crippen LogP contribution in [0, 0.1) is 0 Å². The molecule has 3 rings (SSSR count). The summed E-state index contributed by atoms with van der Waals surface area (Å²) >= 11 is 0. The Hall–Kier alpha value is -2.56. The van der Waals surface area contributed by atoms with Gasteiger partial charge in [0, 0.05) is 31.5 Å². The smallest absolute Gasteiger partial charge is 0.203 e. The molecule has 0 atom stereocenters. The van der Waals surface area contributed by atoms with Crippen LogP contribution < -0.4 is 24.4 Å². The van der Waals surface area contributed by atoms with Crippen LogP contribution in [-0.2, 0) is 6.42 Å². The zero-order chi connectivity index (χ0) is 18.4. The Kier molecular flexibility index (Phi) is 6.10. The molecular weight excluding hydrogens is 328 g/mol. The van der Waals surface area contributed by atoms with Gasteiger partial charge in [0.2, 0.25) is 5.75 Å². The molecule has 140 valence electrons. The average molecular weight is 356 g/mol. The van der Waals surface area contributed by atoms with Crippen molar-refractivity contribution in [1.29, 1.82) is 0 Å². The molecule has 0 unspecified atom stereocenters. The summed E-state index contributed by atoms with van der Waals surface area (Å²) in [7, 11) is 5.40. The van der Waals surface area contributed by atoms with Crippen LogP contribution in [-0.4, -0.2) is 41.0 Å². The van der Waals surface area contributed by atoms with E-state index < -0.39 is 0 Å². The standard InChI is InChI=1S/C21H28N2O3/c1-23(17-11-10-16-7-5-12-22-18(16)15-17)13-6-14-26-21-19(24-2)8-4-9-20(21)25-3/h4,8-11,15,22H,5-7,12-14H2,1-3H3. The number of hydrogen-bond acceptors (Lipinski definition) is 5. The van der Waals surface area contributed by atoms with Gasteiger partial charge < -0.3 is 24.4 Å². The van der Waals surface area contributed by atoms with Crippen molar-refractivity contribution in [1.82, 2.24) is 0 Å². The number of para-hydroxylation sites is 1. The number of aryl methyl sites for hydroxylation is 1. The lowest BCUT2D eigenvalue weighted by Crippen LogP contribution is -2.21. The molecule has 0 aliphatic carbocycles. The van der Waals surface area contributed by atoms with Gasteiger partial charge in [0.1, 0.15) is 0 Å². The molecular formula is C21H28N2O3. The van der Waals surface area contributed by atoms with E-state index in [0.29, 0.717) is 23.9 Å². The predicted molar refractivity (Wildman–Crippen MR) is 106 cm³/mol. The van der Waals surface area contributed by atoms with Gasteiger partial charge in [-0.2, -0.15) is 0 Å². The van der Waals surface area contributed by atoms with E-state index in [9.17, 15) is 0 Å². The van der Waals surface area contributed by atoms with E-state index in [1.54, 1.807) is 14.2 Å². The minimum absolute atomic E-state index is 0.601. The summed E-state index contributed by atoms with van der Waals surface area (Å²) in [5.41, 5.74) is 3.92. The topological polar surface area (TPSA) is 43.0 Å². The molecule has 0 bridgehead atoms. The Morgan fingerprint density at radius 1 is 1.08 bits per heavy atom. The maximum Gasteiger partial charge on any atom is 0.203 e. The van der Waals surface area contributed by atoms with Crippen molar-refractivity contribution >= 4 is 11.4 Å². The van der Waals surface area contributed by atoms with Crippen LogP contribution in [0.15, 0.2) is 36.4 Å². The van der Waals surface area contributed by atoms with Crippen LogP contribution in [0.1, 0.15) is 18.4 Å². The first kappa shape index (κ1) is 18.2. The fourth-order valence-electron chi connectivity index (χ4n) is 3.25. The Morgan fingerprint density at radius 2 is 1.85 bits per heavy atom. The Labute approximate surface area is 155 Å². The van der Waals surface area contributed by atoms with Gasteiger partial charge >= 0.3 is 0 Å². The van der Waals surface area contributed by atoms with Crippen LogP contribution in [0.2, 0.25) is 0 Å². The molecule has 0 saturated heterocycles. The van der Waals surface area contributed by atoms with Crippen molar-refractivity contribution < 1.29 is 14.2 Å². The maximum atomic E-state index is 5.94. The minimum Gasteiger partial charge on any atom is -0.493 e. The number of methoxy groups -OCH3 is 2. The molecule has 1 aliphatic rings. The second-order valence-corrected chi connectivity index (χ2v) is 6.49. The minimum atomic E-state index is 0.601. The number of fused-ring (bicyclic) bond motifs is 1. The van der Waals surface area contributed by atoms with Gasteiger partial charge in [-0.15, -0.1) is 0 Å². The highest BCUT2D eigenvalue weighted by molar-refractivity contribution is 5.63. The lowest BCUT2D eigenvalue weighted by molar-refractivity contribution is 0.272. The summed E-state index contributed by atoms with van der Waals surface area (Å²) in [6, 6.07) is 12.3. The lowest BCUT2D eigenvalue weighted by atomic mass is 10.0. The van der Waals surface area contributed by atoms with Crippen LogP contribution in [0.3, 0.4) is 0 Å². The quantitative estimate of drug-likeness (QED) is 0.725. The zero-order valence-corrected chi connectivity index (χ0v) is 15.9. The maximum absolute atomic E-state index is 5.94. The van der Waals surface area contributed by atoms with Gasteiger partial charge in [-0.1, -0.05) is 12.1 Å². The summed E-state index contributed by atoms with van der Waals surface area (Å²) in [6.45, 7) is 2.58. The fourth-order valence-corrected chi connectivity index (χ4v) is 3.25. The largest absolute Gasteiger partial charge is 0.493 e. The second kappa shape index (κ2) is 8.70. The van der Waals surface area contributed by atoms with Crippen molar-refractivity contribution in [2.24, 2.45) is 0 Å². The number of hydrogen-bond donors (Lipinski definition) is 1. The molecule has 2 aromatic carbocycles. The Bertz CT molecular complexity index is 711. The molecule has 1 heterocycles.